The van der Waals surface area contributed by atoms with Gasteiger partial charge >= 0.3 is 0 Å². The molecule has 0 atom stereocenters. The van der Waals surface area contributed by atoms with Crippen molar-refractivity contribution in [3.8, 4) is 0 Å². The van der Waals surface area contributed by atoms with Crippen molar-refractivity contribution in [1.29, 1.82) is 0 Å². The molecular formula is C12H15Cl. The summed E-state index contributed by atoms with van der Waals surface area (Å²) in [6.45, 7) is 5.77. The lowest BCUT2D eigenvalue weighted by molar-refractivity contribution is 0.792. The summed E-state index contributed by atoms with van der Waals surface area (Å²) in [7, 11) is 0. The zero-order chi connectivity index (χ0) is 9.68. The van der Waals surface area contributed by atoms with Gasteiger partial charge in [0.15, 0.2) is 0 Å². The Morgan fingerprint density at radius 3 is 2.77 bits per heavy atom. The van der Waals surface area contributed by atoms with Crippen molar-refractivity contribution in [3.63, 3.8) is 0 Å². The highest BCUT2D eigenvalue weighted by atomic mass is 35.5. The van der Waals surface area contributed by atoms with E-state index in [9.17, 15) is 0 Å². The molecule has 0 amide bonds. The summed E-state index contributed by atoms with van der Waals surface area (Å²) < 4.78 is 0. The van der Waals surface area contributed by atoms with Crippen LogP contribution in [-0.2, 0) is 0 Å². The van der Waals surface area contributed by atoms with Crippen LogP contribution in [0.4, 0.5) is 0 Å². The third-order valence-electron chi connectivity index (χ3n) is 2.19. The maximum absolute atomic E-state index is 6.19. The van der Waals surface area contributed by atoms with Crippen molar-refractivity contribution in [2.75, 3.05) is 0 Å². The van der Waals surface area contributed by atoms with Crippen molar-refractivity contribution in [3.05, 3.63) is 47.1 Å². The summed E-state index contributed by atoms with van der Waals surface area (Å²) in [6.07, 6.45) is 11.3. The first-order chi connectivity index (χ1) is 6.29. The summed E-state index contributed by atoms with van der Waals surface area (Å²) in [5, 5.41) is 0.902. The van der Waals surface area contributed by atoms with Gasteiger partial charge in [-0.05, 0) is 37.3 Å². The van der Waals surface area contributed by atoms with Gasteiger partial charge in [0.25, 0.3) is 0 Å². The fraction of sp³-hybridized carbons (Fsp3) is 0.333. The van der Waals surface area contributed by atoms with Crippen LogP contribution < -0.4 is 0 Å². The van der Waals surface area contributed by atoms with Crippen molar-refractivity contribution in [2.45, 2.75) is 26.2 Å². The molecule has 0 nitrogen and oxygen atoms in total. The molecule has 0 N–H and O–H groups in total. The number of rotatable bonds is 2. The van der Waals surface area contributed by atoms with Crippen LogP contribution in [0.5, 0.6) is 0 Å². The molecule has 0 aliphatic heterocycles. The number of halogens is 1. The second kappa shape index (κ2) is 5.08. The zero-order valence-electron chi connectivity index (χ0n) is 8.02. The topological polar surface area (TPSA) is 0 Å². The quantitative estimate of drug-likeness (QED) is 0.613. The minimum absolute atomic E-state index is 0.902. The molecule has 0 saturated heterocycles. The normalized spacial score (nSPS) is 21.5. The highest BCUT2D eigenvalue weighted by Crippen LogP contribution is 2.32. The molecule has 0 radical (unpaired) electrons. The minimum atomic E-state index is 0.902. The average Bonchev–Trinajstić information content (AvgIpc) is 2.16. The van der Waals surface area contributed by atoms with Gasteiger partial charge in [0.05, 0.1) is 0 Å². The van der Waals surface area contributed by atoms with E-state index >= 15 is 0 Å². The summed E-state index contributed by atoms with van der Waals surface area (Å²) in [5.74, 6) is 0. The first-order valence-electron chi connectivity index (χ1n) is 4.63. The highest BCUT2D eigenvalue weighted by Gasteiger charge is 2.12. The van der Waals surface area contributed by atoms with Gasteiger partial charge < -0.3 is 0 Å². The molecule has 13 heavy (non-hydrogen) atoms. The van der Waals surface area contributed by atoms with E-state index in [2.05, 4.69) is 12.7 Å². The van der Waals surface area contributed by atoms with Gasteiger partial charge in [-0.25, -0.2) is 0 Å². The Labute approximate surface area is 85.3 Å². The third-order valence-corrected chi connectivity index (χ3v) is 2.68. The second-order valence-corrected chi connectivity index (χ2v) is 3.49. The van der Waals surface area contributed by atoms with E-state index in [0.29, 0.717) is 0 Å². The molecule has 0 unspecified atom stereocenters. The molecule has 1 rings (SSSR count). The maximum Gasteiger partial charge on any atom is 0.0469 e. The van der Waals surface area contributed by atoms with Gasteiger partial charge in [-0.2, -0.15) is 0 Å². The molecule has 70 valence electrons. The van der Waals surface area contributed by atoms with Gasteiger partial charge in [0.1, 0.15) is 0 Å². The minimum Gasteiger partial charge on any atom is -0.0987 e. The monoisotopic (exact) mass is 194 g/mol. The second-order valence-electron chi connectivity index (χ2n) is 3.11. The van der Waals surface area contributed by atoms with Crippen molar-refractivity contribution < 1.29 is 0 Å². The Morgan fingerprint density at radius 2 is 2.15 bits per heavy atom. The highest BCUT2D eigenvalue weighted by molar-refractivity contribution is 6.32. The molecule has 1 heteroatoms. The van der Waals surface area contributed by atoms with E-state index in [-0.39, 0.29) is 0 Å². The maximum atomic E-state index is 6.19. The lowest BCUT2D eigenvalue weighted by Crippen LogP contribution is -1.96. The number of hydrogen-bond donors (Lipinski definition) is 0. The largest absolute Gasteiger partial charge is 0.0987 e. The van der Waals surface area contributed by atoms with E-state index in [1.54, 1.807) is 0 Å². The average molecular weight is 195 g/mol. The van der Waals surface area contributed by atoms with Crippen LogP contribution in [0.2, 0.25) is 0 Å². The molecule has 0 aromatic heterocycles. The van der Waals surface area contributed by atoms with E-state index < -0.39 is 0 Å². The lowest BCUT2D eigenvalue weighted by Gasteiger charge is -2.15. The molecule has 0 fully saturated rings. The zero-order valence-corrected chi connectivity index (χ0v) is 8.77. The molecule has 0 saturated carbocycles. The summed E-state index contributed by atoms with van der Waals surface area (Å²) in [6, 6.07) is 0. The Balaban J connectivity index is 2.93. The van der Waals surface area contributed by atoms with Crippen LogP contribution >= 0.6 is 11.6 Å². The fourth-order valence-electron chi connectivity index (χ4n) is 1.46. The first-order valence-corrected chi connectivity index (χ1v) is 5.00. The number of allylic oxidation sites excluding steroid dienone is 7. The molecular weight excluding hydrogens is 180 g/mol. The Bertz CT molecular complexity index is 279. The van der Waals surface area contributed by atoms with E-state index in [4.69, 9.17) is 11.6 Å². The van der Waals surface area contributed by atoms with Crippen LogP contribution in [0.3, 0.4) is 0 Å². The summed E-state index contributed by atoms with van der Waals surface area (Å²) in [5.41, 5.74) is 2.42. The predicted octanol–water partition coefficient (Wildman–Crippen LogP) is 4.35. The van der Waals surface area contributed by atoms with Gasteiger partial charge in [-0.3, -0.25) is 0 Å². The van der Waals surface area contributed by atoms with Crippen molar-refractivity contribution in [1.82, 2.24) is 0 Å². The third kappa shape index (κ3) is 2.60. The predicted molar refractivity (Wildman–Crippen MR) is 59.8 cm³/mol. The van der Waals surface area contributed by atoms with Gasteiger partial charge in [-0.1, -0.05) is 42.5 Å². The summed E-state index contributed by atoms with van der Waals surface area (Å²) >= 11 is 6.19. The van der Waals surface area contributed by atoms with Crippen LogP contribution in [0, 0.1) is 0 Å². The van der Waals surface area contributed by atoms with Crippen LogP contribution in [0.15, 0.2) is 47.1 Å². The van der Waals surface area contributed by atoms with Crippen LogP contribution in [0.25, 0.3) is 0 Å². The molecule has 0 aromatic carbocycles. The molecule has 0 bridgehead atoms. The lowest BCUT2D eigenvalue weighted by atomic mass is 9.94. The van der Waals surface area contributed by atoms with Crippen molar-refractivity contribution in [2.24, 2.45) is 0 Å². The Morgan fingerprint density at radius 1 is 1.38 bits per heavy atom. The van der Waals surface area contributed by atoms with Crippen LogP contribution in [-0.4, -0.2) is 0 Å². The summed E-state index contributed by atoms with van der Waals surface area (Å²) in [4.78, 5) is 0. The van der Waals surface area contributed by atoms with Crippen LogP contribution in [0.1, 0.15) is 26.2 Å². The molecule has 0 heterocycles. The standard InChI is InChI=1S/C12H15Cl/c1-3-5-7-11-9-6-8-10(4-2)12(11)13/h3-5,7H,2,6,8-9H2,1H3/b5-3+,11-7+. The van der Waals surface area contributed by atoms with Gasteiger partial charge in [-0.15, -0.1) is 0 Å². The molecule has 0 aromatic rings. The van der Waals surface area contributed by atoms with E-state index in [1.165, 1.54) is 17.6 Å². The Hall–Kier alpha value is -0.750. The fourth-order valence-corrected chi connectivity index (χ4v) is 1.78. The number of hydrogen-bond acceptors (Lipinski definition) is 0. The molecule has 1 aliphatic rings. The van der Waals surface area contributed by atoms with Crippen molar-refractivity contribution >= 4 is 11.6 Å². The smallest absolute Gasteiger partial charge is 0.0469 e. The van der Waals surface area contributed by atoms with Gasteiger partial charge in [0.2, 0.25) is 0 Å². The van der Waals surface area contributed by atoms with Gasteiger partial charge in [0, 0.05) is 5.03 Å². The SMILES string of the molecule is C=CC1=C(Cl)/C(=C/C=C/C)CCC1. The Kier molecular flexibility index (Phi) is 4.04. The molecule has 0 spiro atoms. The van der Waals surface area contributed by atoms with E-state index in [1.807, 2.05) is 25.2 Å². The van der Waals surface area contributed by atoms with E-state index in [0.717, 1.165) is 17.9 Å². The first kappa shape index (κ1) is 10.3. The molecule has 1 aliphatic carbocycles.